The minimum absolute atomic E-state index is 0. The predicted molar refractivity (Wildman–Crippen MR) is 94.0 cm³/mol. The molecule has 0 unspecified atom stereocenters. The molecule has 0 radical (unpaired) electrons. The van der Waals surface area contributed by atoms with Gasteiger partial charge in [0.25, 0.3) is 5.91 Å². The number of hydrogen-bond acceptors (Lipinski definition) is 3. The lowest BCUT2D eigenvalue weighted by Crippen LogP contribution is -2.40. The van der Waals surface area contributed by atoms with Crippen LogP contribution in [0.2, 0.25) is 0 Å². The van der Waals surface area contributed by atoms with Crippen LogP contribution in [0, 0.1) is 0 Å². The minimum Gasteiger partial charge on any atom is -0.483 e. The number of halogens is 1. The molecule has 0 aliphatic rings. The van der Waals surface area contributed by atoms with Gasteiger partial charge in [0, 0.05) is 12.6 Å². The van der Waals surface area contributed by atoms with E-state index in [0.717, 1.165) is 17.9 Å². The fourth-order valence-electron chi connectivity index (χ4n) is 2.09. The summed E-state index contributed by atoms with van der Waals surface area (Å²) < 4.78 is 5.69. The molecular weight excluding hydrogens is 300 g/mol. The number of benzene rings is 1. The Hall–Kier alpha value is -1.26. The summed E-state index contributed by atoms with van der Waals surface area (Å²) in [5.74, 6) is 0.684. The molecule has 1 aromatic carbocycles. The van der Waals surface area contributed by atoms with Crippen LogP contribution in [-0.4, -0.2) is 31.6 Å². The van der Waals surface area contributed by atoms with Gasteiger partial charge >= 0.3 is 0 Å². The molecule has 22 heavy (non-hydrogen) atoms. The summed E-state index contributed by atoms with van der Waals surface area (Å²) >= 11 is 0. The van der Waals surface area contributed by atoms with Crippen molar-refractivity contribution in [3.8, 4) is 5.75 Å². The van der Waals surface area contributed by atoms with Gasteiger partial charge < -0.3 is 15.4 Å². The maximum Gasteiger partial charge on any atom is 0.257 e. The lowest BCUT2D eigenvalue weighted by atomic mass is 9.86. The van der Waals surface area contributed by atoms with Crippen molar-refractivity contribution in [1.82, 2.24) is 10.6 Å². The molecule has 0 fully saturated rings. The summed E-state index contributed by atoms with van der Waals surface area (Å²) in [6, 6.07) is 8.14. The maximum absolute atomic E-state index is 11.8. The maximum atomic E-state index is 11.8. The molecule has 1 atom stereocenters. The van der Waals surface area contributed by atoms with Crippen molar-refractivity contribution in [2.45, 2.75) is 46.1 Å². The highest BCUT2D eigenvalue weighted by Crippen LogP contribution is 2.30. The zero-order valence-corrected chi connectivity index (χ0v) is 15.0. The molecule has 0 aliphatic heterocycles. The van der Waals surface area contributed by atoms with Crippen LogP contribution in [-0.2, 0) is 10.2 Å². The molecule has 0 aromatic heterocycles. The second-order valence-electron chi connectivity index (χ2n) is 6.30. The number of ether oxygens (including phenoxy) is 1. The van der Waals surface area contributed by atoms with E-state index in [1.54, 1.807) is 0 Å². The van der Waals surface area contributed by atoms with Crippen LogP contribution < -0.4 is 15.4 Å². The third-order valence-electron chi connectivity index (χ3n) is 3.21. The van der Waals surface area contributed by atoms with E-state index in [1.807, 2.05) is 38.1 Å². The van der Waals surface area contributed by atoms with E-state index < -0.39 is 0 Å². The molecule has 2 N–H and O–H groups in total. The highest BCUT2D eigenvalue weighted by atomic mass is 35.5. The van der Waals surface area contributed by atoms with Crippen molar-refractivity contribution in [2.75, 3.05) is 19.7 Å². The van der Waals surface area contributed by atoms with Crippen LogP contribution in [0.15, 0.2) is 24.3 Å². The van der Waals surface area contributed by atoms with Crippen molar-refractivity contribution in [3.63, 3.8) is 0 Å². The zero-order chi connectivity index (χ0) is 15.9. The van der Waals surface area contributed by atoms with Gasteiger partial charge in [-0.05, 0) is 30.5 Å². The normalized spacial score (nSPS) is 12.2. The highest BCUT2D eigenvalue weighted by Gasteiger charge is 2.18. The molecule has 0 saturated heterocycles. The average molecular weight is 329 g/mol. The van der Waals surface area contributed by atoms with Crippen molar-refractivity contribution in [2.24, 2.45) is 0 Å². The number of para-hydroxylation sites is 1. The molecule has 0 heterocycles. The van der Waals surface area contributed by atoms with Crippen molar-refractivity contribution in [3.05, 3.63) is 29.8 Å². The smallest absolute Gasteiger partial charge is 0.257 e. The summed E-state index contributed by atoms with van der Waals surface area (Å²) in [5.41, 5.74) is 1.10. The Labute approximate surface area is 140 Å². The molecule has 126 valence electrons. The average Bonchev–Trinajstić information content (AvgIpc) is 2.42. The Morgan fingerprint density at radius 3 is 2.50 bits per heavy atom. The SMILES string of the molecule is CCN[C@H](C)CNC(=O)COc1ccccc1C(C)(C)C.Cl. The molecule has 1 aromatic rings. The second-order valence-corrected chi connectivity index (χ2v) is 6.30. The van der Waals surface area contributed by atoms with Crippen LogP contribution in [0.3, 0.4) is 0 Å². The Morgan fingerprint density at radius 1 is 1.27 bits per heavy atom. The first-order chi connectivity index (χ1) is 9.84. The van der Waals surface area contributed by atoms with Crippen molar-refractivity contribution in [1.29, 1.82) is 0 Å². The van der Waals surface area contributed by atoms with E-state index in [1.165, 1.54) is 0 Å². The molecule has 0 spiro atoms. The van der Waals surface area contributed by atoms with Crippen LogP contribution in [0.1, 0.15) is 40.2 Å². The fourth-order valence-corrected chi connectivity index (χ4v) is 2.09. The van der Waals surface area contributed by atoms with Crippen molar-refractivity contribution < 1.29 is 9.53 Å². The first-order valence-corrected chi connectivity index (χ1v) is 7.57. The molecular formula is C17H29ClN2O2. The number of nitrogens with one attached hydrogen (secondary N) is 2. The Morgan fingerprint density at radius 2 is 1.91 bits per heavy atom. The molecule has 1 amide bonds. The van der Waals surface area contributed by atoms with Gasteiger partial charge in [-0.15, -0.1) is 12.4 Å². The van der Waals surface area contributed by atoms with Gasteiger partial charge in [0.1, 0.15) is 5.75 Å². The Balaban J connectivity index is 0.00000441. The van der Waals surface area contributed by atoms with Gasteiger partial charge in [-0.3, -0.25) is 4.79 Å². The largest absolute Gasteiger partial charge is 0.483 e. The lowest BCUT2D eigenvalue weighted by molar-refractivity contribution is -0.123. The molecule has 0 bridgehead atoms. The summed E-state index contributed by atoms with van der Waals surface area (Å²) in [5, 5.41) is 6.12. The minimum atomic E-state index is -0.0940. The van der Waals surface area contributed by atoms with E-state index in [2.05, 4.69) is 31.4 Å². The number of hydrogen-bond donors (Lipinski definition) is 2. The third-order valence-corrected chi connectivity index (χ3v) is 3.21. The van der Waals surface area contributed by atoms with Gasteiger partial charge in [0.15, 0.2) is 6.61 Å². The summed E-state index contributed by atoms with van der Waals surface area (Å²) in [4.78, 5) is 11.8. The van der Waals surface area contributed by atoms with Gasteiger partial charge in [0.05, 0.1) is 0 Å². The highest BCUT2D eigenvalue weighted by molar-refractivity contribution is 5.85. The van der Waals surface area contributed by atoms with Gasteiger partial charge in [-0.25, -0.2) is 0 Å². The third kappa shape index (κ3) is 7.14. The predicted octanol–water partition coefficient (Wildman–Crippen LogP) is 2.90. The van der Waals surface area contributed by atoms with E-state index in [4.69, 9.17) is 4.74 Å². The number of likely N-dealkylation sites (N-methyl/N-ethyl adjacent to an activating group) is 1. The molecule has 5 heteroatoms. The summed E-state index contributed by atoms with van der Waals surface area (Å²) in [7, 11) is 0. The van der Waals surface area contributed by atoms with E-state index in [-0.39, 0.29) is 36.4 Å². The van der Waals surface area contributed by atoms with Gasteiger partial charge in [-0.1, -0.05) is 45.9 Å². The molecule has 4 nitrogen and oxygen atoms in total. The first-order valence-electron chi connectivity index (χ1n) is 7.57. The quantitative estimate of drug-likeness (QED) is 0.809. The lowest BCUT2D eigenvalue weighted by Gasteiger charge is -2.22. The number of amides is 1. The van der Waals surface area contributed by atoms with E-state index >= 15 is 0 Å². The molecule has 0 saturated carbocycles. The van der Waals surface area contributed by atoms with Crippen LogP contribution in [0.4, 0.5) is 0 Å². The second kappa shape index (κ2) is 9.70. The summed E-state index contributed by atoms with van der Waals surface area (Å²) in [6.45, 7) is 12.0. The topological polar surface area (TPSA) is 50.4 Å². The molecule has 0 aliphatic carbocycles. The number of carbonyl (C=O) groups excluding carboxylic acids is 1. The zero-order valence-electron chi connectivity index (χ0n) is 14.2. The Kier molecular flexibility index (Phi) is 9.14. The van der Waals surface area contributed by atoms with Crippen LogP contribution >= 0.6 is 12.4 Å². The molecule has 1 rings (SSSR count). The van der Waals surface area contributed by atoms with Crippen LogP contribution in [0.25, 0.3) is 0 Å². The first kappa shape index (κ1) is 20.7. The van der Waals surface area contributed by atoms with Crippen LogP contribution in [0.5, 0.6) is 5.75 Å². The monoisotopic (exact) mass is 328 g/mol. The number of rotatable bonds is 7. The van der Waals surface area contributed by atoms with Gasteiger partial charge in [-0.2, -0.15) is 0 Å². The van der Waals surface area contributed by atoms with Gasteiger partial charge in [0.2, 0.25) is 0 Å². The number of carbonyl (C=O) groups is 1. The standard InChI is InChI=1S/C17H28N2O2.ClH/c1-6-18-13(2)11-19-16(20)12-21-15-10-8-7-9-14(15)17(3,4)5;/h7-10,13,18H,6,11-12H2,1-5H3,(H,19,20);1H/t13-;/m1./s1. The fraction of sp³-hybridized carbons (Fsp3) is 0.588. The Bertz CT molecular complexity index is 458. The van der Waals surface area contributed by atoms with E-state index in [9.17, 15) is 4.79 Å². The van der Waals surface area contributed by atoms with E-state index in [0.29, 0.717) is 6.54 Å². The summed E-state index contributed by atoms with van der Waals surface area (Å²) in [6.07, 6.45) is 0. The van der Waals surface area contributed by atoms with Crippen molar-refractivity contribution >= 4 is 18.3 Å².